The molecule has 0 radical (unpaired) electrons. The fourth-order valence-electron chi connectivity index (χ4n) is 1.49. The Bertz CT molecular complexity index is 422. The van der Waals surface area contributed by atoms with E-state index >= 15 is 0 Å². The number of nitrogens with one attached hydrogen (secondary N) is 1. The number of hydrogen-bond donors (Lipinski definition) is 1. The monoisotopic (exact) mass is 333 g/mol. The molecule has 0 unspecified atom stereocenters. The molecular weight excluding hydrogens is 317 g/mol. The molecule has 0 saturated carbocycles. The third kappa shape index (κ3) is 4.89. The maximum Gasteiger partial charge on any atom is 0.252 e. The van der Waals surface area contributed by atoms with E-state index in [9.17, 15) is 9.18 Å². The smallest absolute Gasteiger partial charge is 0.252 e. The summed E-state index contributed by atoms with van der Waals surface area (Å²) in [7, 11) is 0. The van der Waals surface area contributed by atoms with E-state index in [-0.39, 0.29) is 22.5 Å². The zero-order chi connectivity index (χ0) is 14.3. The first-order valence-corrected chi connectivity index (χ1v) is 6.84. The fraction of sp³-hybridized carbons (Fsp3) is 0.462. The van der Waals surface area contributed by atoms with Crippen LogP contribution in [0.3, 0.4) is 0 Å². The number of carbonyl (C=O) groups excluding carboxylic acids is 1. The molecule has 106 valence electrons. The molecule has 6 heteroatoms. The first-order chi connectivity index (χ1) is 9.10. The molecule has 0 atom stereocenters. The molecule has 1 N–H and O–H groups in total. The van der Waals surface area contributed by atoms with E-state index in [1.165, 1.54) is 12.1 Å². The molecule has 0 aliphatic heterocycles. The Morgan fingerprint density at radius 1 is 1.37 bits per heavy atom. The Kier molecular flexibility index (Phi) is 6.97. The lowest BCUT2D eigenvalue weighted by molar-refractivity contribution is -0.131. The van der Waals surface area contributed by atoms with Gasteiger partial charge in [0.25, 0.3) is 5.91 Å². The van der Waals surface area contributed by atoms with Crippen LogP contribution in [-0.4, -0.2) is 32.0 Å². The van der Waals surface area contributed by atoms with Gasteiger partial charge in [0.2, 0.25) is 0 Å². The number of benzene rings is 1. The highest BCUT2D eigenvalue weighted by molar-refractivity contribution is 9.10. The summed E-state index contributed by atoms with van der Waals surface area (Å²) >= 11 is 3.05. The molecule has 0 bridgehead atoms. The molecule has 0 aromatic heterocycles. The minimum absolute atomic E-state index is 0.150. The van der Waals surface area contributed by atoms with Gasteiger partial charge >= 0.3 is 0 Å². The first-order valence-electron chi connectivity index (χ1n) is 6.05. The molecule has 4 nitrogen and oxygen atoms in total. The lowest BCUT2D eigenvalue weighted by Crippen LogP contribution is -2.35. The fourth-order valence-corrected chi connectivity index (χ4v) is 1.93. The topological polar surface area (TPSA) is 47.6 Å². The Morgan fingerprint density at radius 2 is 2.00 bits per heavy atom. The summed E-state index contributed by atoms with van der Waals surface area (Å²) < 4.78 is 24.1. The Hall–Kier alpha value is -0.980. The van der Waals surface area contributed by atoms with Crippen LogP contribution in [0.1, 0.15) is 24.2 Å². The predicted molar refractivity (Wildman–Crippen MR) is 73.5 cm³/mol. The third-order valence-corrected chi connectivity index (χ3v) is 3.14. The van der Waals surface area contributed by atoms with Crippen molar-refractivity contribution in [3.05, 3.63) is 34.1 Å². The van der Waals surface area contributed by atoms with Crippen LogP contribution >= 0.6 is 15.9 Å². The van der Waals surface area contributed by atoms with Gasteiger partial charge in [-0.15, -0.1) is 0 Å². The molecule has 0 fully saturated rings. The third-order valence-electron chi connectivity index (χ3n) is 2.33. The van der Waals surface area contributed by atoms with Gasteiger partial charge in [-0.1, -0.05) is 6.07 Å². The van der Waals surface area contributed by atoms with Crippen molar-refractivity contribution in [2.24, 2.45) is 0 Å². The van der Waals surface area contributed by atoms with E-state index in [0.29, 0.717) is 13.2 Å². The van der Waals surface area contributed by atoms with Crippen LogP contribution in [0, 0.1) is 5.82 Å². The van der Waals surface area contributed by atoms with Gasteiger partial charge in [-0.05, 0) is 41.9 Å². The minimum Gasteiger partial charge on any atom is -0.351 e. The quantitative estimate of drug-likeness (QED) is 0.780. The van der Waals surface area contributed by atoms with Crippen LogP contribution in [0.2, 0.25) is 0 Å². The van der Waals surface area contributed by atoms with Crippen LogP contribution in [0.15, 0.2) is 22.7 Å². The van der Waals surface area contributed by atoms with Gasteiger partial charge in [-0.25, -0.2) is 4.39 Å². The van der Waals surface area contributed by atoms with Gasteiger partial charge in [0.15, 0.2) is 6.29 Å². The summed E-state index contributed by atoms with van der Waals surface area (Å²) in [6.07, 6.45) is -0.494. The second-order valence-corrected chi connectivity index (χ2v) is 4.44. The molecule has 19 heavy (non-hydrogen) atoms. The van der Waals surface area contributed by atoms with Crippen molar-refractivity contribution in [1.82, 2.24) is 5.32 Å². The van der Waals surface area contributed by atoms with Gasteiger partial charge in [-0.2, -0.15) is 0 Å². The number of carbonyl (C=O) groups is 1. The standard InChI is InChI=1S/C13H17BrFNO3/c1-3-18-11(19-4-2)8-16-13(17)9-6-5-7-10(15)12(9)14/h5-7,11H,3-4,8H2,1-2H3,(H,16,17). The lowest BCUT2D eigenvalue weighted by Gasteiger charge is -2.17. The molecular formula is C13H17BrFNO3. The van der Waals surface area contributed by atoms with Crippen LogP contribution in [0.5, 0.6) is 0 Å². The van der Waals surface area contributed by atoms with Crippen molar-refractivity contribution in [3.8, 4) is 0 Å². The molecule has 0 aliphatic carbocycles. The summed E-state index contributed by atoms with van der Waals surface area (Å²) in [6.45, 7) is 4.88. The zero-order valence-electron chi connectivity index (χ0n) is 10.9. The Labute approximate surface area is 120 Å². The molecule has 0 aliphatic rings. The average Bonchev–Trinajstić information content (AvgIpc) is 2.39. The summed E-state index contributed by atoms with van der Waals surface area (Å²) in [5.41, 5.74) is 0.242. The minimum atomic E-state index is -0.494. The van der Waals surface area contributed by atoms with Crippen LogP contribution in [0.25, 0.3) is 0 Å². The highest BCUT2D eigenvalue weighted by Crippen LogP contribution is 2.20. The van der Waals surface area contributed by atoms with Gasteiger partial charge in [-0.3, -0.25) is 4.79 Å². The van der Waals surface area contributed by atoms with Crippen molar-refractivity contribution >= 4 is 21.8 Å². The normalized spacial score (nSPS) is 10.8. The summed E-state index contributed by atoms with van der Waals surface area (Å²) in [6, 6.07) is 4.31. The number of halogens is 2. The van der Waals surface area contributed by atoms with Crippen molar-refractivity contribution in [1.29, 1.82) is 0 Å². The zero-order valence-corrected chi connectivity index (χ0v) is 12.5. The maximum absolute atomic E-state index is 13.3. The molecule has 0 heterocycles. The average molecular weight is 334 g/mol. The van der Waals surface area contributed by atoms with Crippen molar-refractivity contribution in [2.45, 2.75) is 20.1 Å². The molecule has 1 rings (SSSR count). The molecule has 0 saturated heterocycles. The van der Waals surface area contributed by atoms with E-state index in [4.69, 9.17) is 9.47 Å². The second kappa shape index (κ2) is 8.24. The number of rotatable bonds is 7. The molecule has 1 aromatic rings. The Balaban J connectivity index is 2.61. The van der Waals surface area contributed by atoms with Gasteiger partial charge in [0.05, 0.1) is 16.6 Å². The van der Waals surface area contributed by atoms with Gasteiger partial charge in [0, 0.05) is 13.2 Å². The molecule has 1 aromatic carbocycles. The Morgan fingerprint density at radius 3 is 2.58 bits per heavy atom. The van der Waals surface area contributed by atoms with Crippen molar-refractivity contribution < 1.29 is 18.7 Å². The van der Waals surface area contributed by atoms with Crippen LogP contribution in [-0.2, 0) is 9.47 Å². The van der Waals surface area contributed by atoms with Gasteiger partial charge in [0.1, 0.15) is 5.82 Å². The van der Waals surface area contributed by atoms with Crippen LogP contribution < -0.4 is 5.32 Å². The van der Waals surface area contributed by atoms with Crippen LogP contribution in [0.4, 0.5) is 4.39 Å². The van der Waals surface area contributed by atoms with Crippen molar-refractivity contribution in [3.63, 3.8) is 0 Å². The molecule has 1 amide bonds. The lowest BCUT2D eigenvalue weighted by atomic mass is 10.2. The second-order valence-electron chi connectivity index (χ2n) is 3.65. The summed E-state index contributed by atoms with van der Waals surface area (Å²) in [5, 5.41) is 2.65. The SMILES string of the molecule is CCOC(CNC(=O)c1cccc(F)c1Br)OCC. The van der Waals surface area contributed by atoms with E-state index in [0.717, 1.165) is 0 Å². The highest BCUT2D eigenvalue weighted by Gasteiger charge is 2.15. The number of amides is 1. The molecule has 0 spiro atoms. The predicted octanol–water partition coefficient (Wildman–Crippen LogP) is 2.72. The highest BCUT2D eigenvalue weighted by atomic mass is 79.9. The summed E-state index contributed by atoms with van der Waals surface area (Å²) in [5.74, 6) is -0.852. The van der Waals surface area contributed by atoms with E-state index < -0.39 is 12.1 Å². The number of ether oxygens (including phenoxy) is 2. The van der Waals surface area contributed by atoms with E-state index in [1.54, 1.807) is 6.07 Å². The maximum atomic E-state index is 13.3. The van der Waals surface area contributed by atoms with E-state index in [1.807, 2.05) is 13.8 Å². The van der Waals surface area contributed by atoms with Gasteiger partial charge < -0.3 is 14.8 Å². The summed E-state index contributed by atoms with van der Waals surface area (Å²) in [4.78, 5) is 11.9. The first kappa shape index (κ1) is 16.1. The van der Waals surface area contributed by atoms with E-state index in [2.05, 4.69) is 21.2 Å². The van der Waals surface area contributed by atoms with Crippen molar-refractivity contribution in [2.75, 3.05) is 19.8 Å². The number of hydrogen-bond acceptors (Lipinski definition) is 3. The largest absolute Gasteiger partial charge is 0.351 e.